The van der Waals surface area contributed by atoms with Crippen LogP contribution in [0.5, 0.6) is 0 Å². The molecule has 1 atom stereocenters. The van der Waals surface area contributed by atoms with Crippen molar-refractivity contribution in [2.45, 2.75) is 32.6 Å². The molecular weight excluding hydrogens is 190 g/mol. The van der Waals surface area contributed by atoms with Gasteiger partial charge in [0.05, 0.1) is 4.92 Å². The zero-order valence-electron chi connectivity index (χ0n) is 8.90. The molecule has 0 amide bonds. The highest BCUT2D eigenvalue weighted by Gasteiger charge is 2.20. The molecule has 15 heavy (non-hydrogen) atoms. The summed E-state index contributed by atoms with van der Waals surface area (Å²) in [5, 5.41) is 10.9. The van der Waals surface area contributed by atoms with Crippen LogP contribution < -0.4 is 0 Å². The van der Waals surface area contributed by atoms with Gasteiger partial charge in [-0.2, -0.15) is 0 Å². The van der Waals surface area contributed by atoms with Crippen molar-refractivity contribution in [1.29, 1.82) is 0 Å². The second-order valence-electron chi connectivity index (χ2n) is 4.35. The summed E-state index contributed by atoms with van der Waals surface area (Å²) in [6.07, 6.45) is 4.05. The Morgan fingerprint density at radius 1 is 1.33 bits per heavy atom. The molecule has 3 heteroatoms. The zero-order chi connectivity index (χ0) is 10.8. The Labute approximate surface area is 89.3 Å². The van der Waals surface area contributed by atoms with E-state index in [2.05, 4.69) is 6.92 Å². The van der Waals surface area contributed by atoms with Crippen molar-refractivity contribution in [2.75, 3.05) is 0 Å². The normalized spacial score (nSPS) is 20.5. The van der Waals surface area contributed by atoms with Gasteiger partial charge >= 0.3 is 0 Å². The van der Waals surface area contributed by atoms with Crippen LogP contribution in [-0.2, 0) is 12.8 Å². The molecule has 0 spiro atoms. The second kappa shape index (κ2) is 4.01. The Hall–Kier alpha value is -1.38. The lowest BCUT2D eigenvalue weighted by Gasteiger charge is -2.04. The Morgan fingerprint density at radius 2 is 2.07 bits per heavy atom. The Bertz CT molecular complexity index is 387. The maximum Gasteiger partial charge on any atom is 0.272 e. The SMILES string of the molecule is CC1CCc2cccc([N+](=O)[O-])c2CC1. The molecule has 0 N–H and O–H groups in total. The van der Waals surface area contributed by atoms with Crippen LogP contribution in [0.2, 0.25) is 0 Å². The Morgan fingerprint density at radius 3 is 2.80 bits per heavy atom. The molecule has 0 saturated carbocycles. The monoisotopic (exact) mass is 205 g/mol. The number of benzene rings is 1. The second-order valence-corrected chi connectivity index (χ2v) is 4.35. The predicted molar refractivity (Wildman–Crippen MR) is 58.9 cm³/mol. The van der Waals surface area contributed by atoms with Crippen LogP contribution in [-0.4, -0.2) is 4.92 Å². The van der Waals surface area contributed by atoms with Crippen molar-refractivity contribution in [3.63, 3.8) is 0 Å². The van der Waals surface area contributed by atoms with E-state index < -0.39 is 0 Å². The number of nitro groups is 1. The first kappa shape index (κ1) is 10.1. The topological polar surface area (TPSA) is 43.1 Å². The highest BCUT2D eigenvalue weighted by Crippen LogP contribution is 2.30. The van der Waals surface area contributed by atoms with E-state index in [1.165, 1.54) is 5.56 Å². The van der Waals surface area contributed by atoms with E-state index in [0.29, 0.717) is 11.6 Å². The van der Waals surface area contributed by atoms with Gasteiger partial charge in [-0.05, 0) is 37.2 Å². The van der Waals surface area contributed by atoms with Gasteiger partial charge in [0.2, 0.25) is 0 Å². The fourth-order valence-electron chi connectivity index (χ4n) is 2.25. The summed E-state index contributed by atoms with van der Waals surface area (Å²) >= 11 is 0. The number of aryl methyl sites for hydroxylation is 1. The van der Waals surface area contributed by atoms with Crippen molar-refractivity contribution < 1.29 is 4.92 Å². The minimum absolute atomic E-state index is 0.255. The molecule has 0 aliphatic heterocycles. The average molecular weight is 205 g/mol. The molecule has 3 nitrogen and oxygen atoms in total. The lowest BCUT2D eigenvalue weighted by atomic mass is 10.0. The van der Waals surface area contributed by atoms with Crippen molar-refractivity contribution in [3.8, 4) is 0 Å². The predicted octanol–water partition coefficient (Wildman–Crippen LogP) is 3.11. The van der Waals surface area contributed by atoms with Crippen LogP contribution in [0.1, 0.15) is 30.9 Å². The lowest BCUT2D eigenvalue weighted by Crippen LogP contribution is -1.98. The molecular formula is C12H15NO2. The number of fused-ring (bicyclic) bond motifs is 1. The maximum absolute atomic E-state index is 10.9. The lowest BCUT2D eigenvalue weighted by molar-refractivity contribution is -0.385. The molecule has 0 fully saturated rings. The standard InChI is InChI=1S/C12H15NO2/c1-9-5-7-10-3-2-4-12(13(14)15)11(10)8-6-9/h2-4,9H,5-8H2,1H3. The van der Waals surface area contributed by atoms with Crippen LogP contribution in [0.15, 0.2) is 18.2 Å². The van der Waals surface area contributed by atoms with Crippen molar-refractivity contribution >= 4 is 5.69 Å². The van der Waals surface area contributed by atoms with Gasteiger partial charge < -0.3 is 0 Å². The molecule has 1 aliphatic rings. The van der Waals surface area contributed by atoms with E-state index >= 15 is 0 Å². The quantitative estimate of drug-likeness (QED) is 0.401. The zero-order valence-corrected chi connectivity index (χ0v) is 8.90. The van der Waals surface area contributed by atoms with Crippen LogP contribution in [0.3, 0.4) is 0 Å². The summed E-state index contributed by atoms with van der Waals surface area (Å²) in [4.78, 5) is 10.6. The number of hydrogen-bond donors (Lipinski definition) is 0. The molecule has 0 bridgehead atoms. The molecule has 80 valence electrons. The Balaban J connectivity index is 2.42. The Kier molecular flexibility index (Phi) is 2.71. The van der Waals surface area contributed by atoms with Crippen molar-refractivity contribution in [1.82, 2.24) is 0 Å². The fourth-order valence-corrected chi connectivity index (χ4v) is 2.25. The van der Waals surface area contributed by atoms with E-state index in [0.717, 1.165) is 31.2 Å². The van der Waals surface area contributed by atoms with Crippen LogP contribution in [0.25, 0.3) is 0 Å². The summed E-state index contributed by atoms with van der Waals surface area (Å²) in [7, 11) is 0. The van der Waals surface area contributed by atoms with Crippen LogP contribution in [0, 0.1) is 16.0 Å². The molecule has 0 heterocycles. The molecule has 0 radical (unpaired) electrons. The number of hydrogen-bond acceptors (Lipinski definition) is 2. The molecule has 1 unspecified atom stereocenters. The van der Waals surface area contributed by atoms with Gasteiger partial charge in [-0.3, -0.25) is 10.1 Å². The van der Waals surface area contributed by atoms with Gasteiger partial charge in [0, 0.05) is 11.6 Å². The molecule has 1 aromatic carbocycles. The number of rotatable bonds is 1. The molecule has 0 saturated heterocycles. The number of nitrogens with zero attached hydrogens (tertiary/aromatic N) is 1. The minimum Gasteiger partial charge on any atom is -0.258 e. The van der Waals surface area contributed by atoms with Crippen molar-refractivity contribution in [2.24, 2.45) is 5.92 Å². The third-order valence-corrected chi connectivity index (χ3v) is 3.24. The van der Waals surface area contributed by atoms with Gasteiger partial charge in [0.1, 0.15) is 0 Å². The molecule has 1 aliphatic carbocycles. The first-order valence-electron chi connectivity index (χ1n) is 5.43. The highest BCUT2D eigenvalue weighted by molar-refractivity contribution is 5.46. The van der Waals surface area contributed by atoms with Gasteiger partial charge in [-0.1, -0.05) is 19.1 Å². The van der Waals surface area contributed by atoms with Gasteiger partial charge in [0.25, 0.3) is 5.69 Å². The van der Waals surface area contributed by atoms with Crippen LogP contribution in [0.4, 0.5) is 5.69 Å². The summed E-state index contributed by atoms with van der Waals surface area (Å²) in [6.45, 7) is 2.22. The van der Waals surface area contributed by atoms with Gasteiger partial charge in [0.15, 0.2) is 0 Å². The summed E-state index contributed by atoms with van der Waals surface area (Å²) < 4.78 is 0. The third kappa shape index (κ3) is 2.01. The van der Waals surface area contributed by atoms with E-state index in [1.54, 1.807) is 12.1 Å². The van der Waals surface area contributed by atoms with E-state index in [1.807, 2.05) is 6.07 Å². The summed E-state index contributed by atoms with van der Waals surface area (Å²) in [5.41, 5.74) is 2.45. The molecule has 0 aromatic heterocycles. The van der Waals surface area contributed by atoms with Gasteiger partial charge in [-0.15, -0.1) is 0 Å². The third-order valence-electron chi connectivity index (χ3n) is 3.24. The average Bonchev–Trinajstić information content (AvgIpc) is 2.40. The smallest absolute Gasteiger partial charge is 0.258 e. The van der Waals surface area contributed by atoms with Gasteiger partial charge in [-0.25, -0.2) is 0 Å². The van der Waals surface area contributed by atoms with E-state index in [4.69, 9.17) is 0 Å². The summed E-state index contributed by atoms with van der Waals surface area (Å²) in [6, 6.07) is 5.45. The van der Waals surface area contributed by atoms with Crippen LogP contribution >= 0.6 is 0 Å². The summed E-state index contributed by atoms with van der Waals surface area (Å²) in [5.74, 6) is 0.678. The minimum atomic E-state index is -0.255. The first-order valence-corrected chi connectivity index (χ1v) is 5.43. The molecule has 1 aromatic rings. The fraction of sp³-hybridized carbons (Fsp3) is 0.500. The first-order chi connectivity index (χ1) is 7.18. The largest absolute Gasteiger partial charge is 0.272 e. The molecule has 2 rings (SSSR count). The maximum atomic E-state index is 10.9. The number of nitro benzene ring substituents is 1. The highest BCUT2D eigenvalue weighted by atomic mass is 16.6. The van der Waals surface area contributed by atoms with E-state index in [9.17, 15) is 10.1 Å². The van der Waals surface area contributed by atoms with Crippen molar-refractivity contribution in [3.05, 3.63) is 39.4 Å². The van der Waals surface area contributed by atoms with E-state index in [-0.39, 0.29) is 4.92 Å².